The summed E-state index contributed by atoms with van der Waals surface area (Å²) in [4.78, 5) is 0. The molecule has 0 fully saturated rings. The molecule has 0 unspecified atom stereocenters. The van der Waals surface area contributed by atoms with Gasteiger partial charge in [-0.25, -0.2) is 0 Å². The quantitative estimate of drug-likeness (QED) is 0.534. The van der Waals surface area contributed by atoms with Gasteiger partial charge in [0.25, 0.3) is 0 Å². The summed E-state index contributed by atoms with van der Waals surface area (Å²) in [6, 6.07) is 3.07. The van der Waals surface area contributed by atoms with Gasteiger partial charge >= 0.3 is 0 Å². The maximum Gasteiger partial charge on any atom is 0.0473 e. The molecule has 74 valence electrons. The zero-order valence-corrected chi connectivity index (χ0v) is 10.6. The summed E-state index contributed by atoms with van der Waals surface area (Å²) in [5, 5.41) is 0. The highest BCUT2D eigenvalue weighted by molar-refractivity contribution is 6.77. The second-order valence-corrected chi connectivity index (χ2v) is 10.5. The Bertz CT molecular complexity index is 106. The van der Waals surface area contributed by atoms with Gasteiger partial charge in [0.2, 0.25) is 0 Å². The third kappa shape index (κ3) is 6.90. The molecule has 0 aromatic rings. The Labute approximate surface area is 79.8 Å². The molecule has 0 aromatic carbocycles. The van der Waals surface area contributed by atoms with Crippen LogP contribution in [0.3, 0.4) is 0 Å². The van der Waals surface area contributed by atoms with Crippen LogP contribution in [0.15, 0.2) is 0 Å². The van der Waals surface area contributed by atoms with Gasteiger partial charge in [0.15, 0.2) is 0 Å². The SMILES string of the molecule is CCCC[Si](C)(C)CCC(C)C. The number of rotatable bonds is 6. The van der Waals surface area contributed by atoms with Gasteiger partial charge in [-0.15, -0.1) is 0 Å². The molecule has 0 saturated carbocycles. The van der Waals surface area contributed by atoms with E-state index < -0.39 is 8.07 Å². The standard InChI is InChI=1S/C11H26Si/c1-6-7-9-12(4,5)10-8-11(2)3/h11H,6-10H2,1-5H3. The molecule has 0 N–H and O–H groups in total. The minimum absolute atomic E-state index is 0.787. The van der Waals surface area contributed by atoms with Gasteiger partial charge in [-0.3, -0.25) is 0 Å². The molecule has 0 aromatic heterocycles. The largest absolute Gasteiger partial charge is 0.0693 e. The number of hydrogen-bond donors (Lipinski definition) is 0. The van der Waals surface area contributed by atoms with Gasteiger partial charge in [0.05, 0.1) is 0 Å². The highest BCUT2D eigenvalue weighted by atomic mass is 28.3. The van der Waals surface area contributed by atoms with Crippen LogP contribution < -0.4 is 0 Å². The molecular weight excluding hydrogens is 160 g/mol. The number of unbranched alkanes of at least 4 members (excludes halogenated alkanes) is 1. The summed E-state index contributed by atoms with van der Waals surface area (Å²) in [7, 11) is -0.787. The first-order valence-electron chi connectivity index (χ1n) is 5.48. The Morgan fingerprint density at radius 1 is 1.08 bits per heavy atom. The lowest BCUT2D eigenvalue weighted by Gasteiger charge is -2.22. The van der Waals surface area contributed by atoms with E-state index in [2.05, 4.69) is 33.9 Å². The minimum Gasteiger partial charge on any atom is -0.0693 e. The topological polar surface area (TPSA) is 0 Å². The van der Waals surface area contributed by atoms with Crippen molar-refractivity contribution >= 4 is 8.07 Å². The summed E-state index contributed by atoms with van der Waals surface area (Å²) < 4.78 is 0. The van der Waals surface area contributed by atoms with Crippen molar-refractivity contribution in [1.82, 2.24) is 0 Å². The fourth-order valence-electron chi connectivity index (χ4n) is 1.46. The van der Waals surface area contributed by atoms with Crippen molar-refractivity contribution in [2.75, 3.05) is 0 Å². The van der Waals surface area contributed by atoms with E-state index in [4.69, 9.17) is 0 Å². The predicted molar refractivity (Wildman–Crippen MR) is 61.5 cm³/mol. The van der Waals surface area contributed by atoms with Gasteiger partial charge in [-0.05, 0) is 5.92 Å². The highest BCUT2D eigenvalue weighted by Gasteiger charge is 2.19. The van der Waals surface area contributed by atoms with E-state index in [-0.39, 0.29) is 0 Å². The maximum atomic E-state index is 2.55. The third-order valence-electron chi connectivity index (χ3n) is 2.61. The van der Waals surface area contributed by atoms with Crippen LogP contribution in [-0.4, -0.2) is 8.07 Å². The van der Waals surface area contributed by atoms with Gasteiger partial charge in [0.1, 0.15) is 0 Å². The van der Waals surface area contributed by atoms with Crippen molar-refractivity contribution in [3.05, 3.63) is 0 Å². The van der Waals surface area contributed by atoms with E-state index in [1.54, 1.807) is 0 Å². The van der Waals surface area contributed by atoms with Crippen LogP contribution in [0.5, 0.6) is 0 Å². The molecule has 0 aliphatic rings. The van der Waals surface area contributed by atoms with Crippen molar-refractivity contribution in [2.24, 2.45) is 5.92 Å². The summed E-state index contributed by atoms with van der Waals surface area (Å²) in [6.45, 7) is 12.1. The zero-order chi connectivity index (χ0) is 9.61. The van der Waals surface area contributed by atoms with Crippen LogP contribution in [0.25, 0.3) is 0 Å². The van der Waals surface area contributed by atoms with Crippen molar-refractivity contribution in [1.29, 1.82) is 0 Å². The first-order valence-corrected chi connectivity index (χ1v) is 8.89. The Balaban J connectivity index is 3.56. The molecule has 12 heavy (non-hydrogen) atoms. The van der Waals surface area contributed by atoms with Crippen molar-refractivity contribution in [3.63, 3.8) is 0 Å². The van der Waals surface area contributed by atoms with E-state index in [1.165, 1.54) is 31.4 Å². The molecule has 0 spiro atoms. The number of hydrogen-bond acceptors (Lipinski definition) is 0. The molecule has 0 nitrogen and oxygen atoms in total. The van der Waals surface area contributed by atoms with Crippen LogP contribution >= 0.6 is 0 Å². The first kappa shape index (κ1) is 12.2. The van der Waals surface area contributed by atoms with Crippen LogP contribution in [-0.2, 0) is 0 Å². The molecule has 0 radical (unpaired) electrons. The Hall–Kier alpha value is 0.217. The molecular formula is C11H26Si. The fraction of sp³-hybridized carbons (Fsp3) is 1.00. The second-order valence-electron chi connectivity index (χ2n) is 5.20. The summed E-state index contributed by atoms with van der Waals surface area (Å²) in [5.74, 6) is 0.901. The average molecular weight is 186 g/mol. The van der Waals surface area contributed by atoms with E-state index in [9.17, 15) is 0 Å². The van der Waals surface area contributed by atoms with E-state index in [0.717, 1.165) is 5.92 Å². The lowest BCUT2D eigenvalue weighted by molar-refractivity contribution is 0.618. The predicted octanol–water partition coefficient (Wildman–Crippen LogP) is 4.54. The Morgan fingerprint density at radius 3 is 2.08 bits per heavy atom. The average Bonchev–Trinajstić information content (AvgIpc) is 1.98. The van der Waals surface area contributed by atoms with Gasteiger partial charge in [-0.1, -0.05) is 65.2 Å². The monoisotopic (exact) mass is 186 g/mol. The lowest BCUT2D eigenvalue weighted by Crippen LogP contribution is -2.25. The van der Waals surface area contributed by atoms with E-state index in [0.29, 0.717) is 0 Å². The van der Waals surface area contributed by atoms with Crippen molar-refractivity contribution in [3.8, 4) is 0 Å². The van der Waals surface area contributed by atoms with Crippen LogP contribution in [0.2, 0.25) is 25.2 Å². The van der Waals surface area contributed by atoms with E-state index >= 15 is 0 Å². The highest BCUT2D eigenvalue weighted by Crippen LogP contribution is 2.22. The Kier molecular flexibility index (Phi) is 5.90. The second kappa shape index (κ2) is 5.79. The van der Waals surface area contributed by atoms with Gasteiger partial charge in [-0.2, -0.15) is 0 Å². The molecule has 0 heterocycles. The minimum atomic E-state index is -0.787. The van der Waals surface area contributed by atoms with Crippen molar-refractivity contribution < 1.29 is 0 Å². The normalized spacial score (nSPS) is 12.5. The molecule has 0 amide bonds. The summed E-state index contributed by atoms with van der Waals surface area (Å²) in [6.07, 6.45) is 4.28. The smallest absolute Gasteiger partial charge is 0.0473 e. The third-order valence-corrected chi connectivity index (χ3v) is 5.95. The molecule has 0 saturated heterocycles. The van der Waals surface area contributed by atoms with Crippen LogP contribution in [0.1, 0.15) is 40.0 Å². The maximum absolute atomic E-state index is 2.55. The molecule has 0 aliphatic heterocycles. The fourth-order valence-corrected chi connectivity index (χ4v) is 4.38. The van der Waals surface area contributed by atoms with Crippen LogP contribution in [0.4, 0.5) is 0 Å². The lowest BCUT2D eigenvalue weighted by atomic mass is 10.2. The van der Waals surface area contributed by atoms with E-state index in [1.807, 2.05) is 0 Å². The van der Waals surface area contributed by atoms with Gasteiger partial charge < -0.3 is 0 Å². The molecule has 0 rings (SSSR count). The summed E-state index contributed by atoms with van der Waals surface area (Å²) in [5.41, 5.74) is 0. The van der Waals surface area contributed by atoms with Crippen LogP contribution in [0, 0.1) is 5.92 Å². The van der Waals surface area contributed by atoms with Gasteiger partial charge in [0, 0.05) is 8.07 Å². The Morgan fingerprint density at radius 2 is 1.67 bits per heavy atom. The molecule has 1 heteroatoms. The van der Waals surface area contributed by atoms with Crippen molar-refractivity contribution in [2.45, 2.75) is 65.2 Å². The zero-order valence-electron chi connectivity index (χ0n) is 9.61. The first-order chi connectivity index (χ1) is 5.48. The molecule has 0 atom stereocenters. The molecule has 0 aliphatic carbocycles. The summed E-state index contributed by atoms with van der Waals surface area (Å²) >= 11 is 0. The molecule has 0 bridgehead atoms.